The fourth-order valence-electron chi connectivity index (χ4n) is 2.29. The van der Waals surface area contributed by atoms with Crippen LogP contribution in [0.1, 0.15) is 55.4 Å². The molecule has 0 fully saturated rings. The zero-order valence-electron chi connectivity index (χ0n) is 18.8. The third-order valence-electron chi connectivity index (χ3n) is 5.24. The van der Waals surface area contributed by atoms with Crippen molar-refractivity contribution in [3.63, 3.8) is 0 Å². The average molecular weight is 388 g/mol. The second-order valence-electron chi connectivity index (χ2n) is 8.84. The van der Waals surface area contributed by atoms with Crippen LogP contribution in [0.15, 0.2) is 47.1 Å². The van der Waals surface area contributed by atoms with Crippen molar-refractivity contribution in [3.05, 3.63) is 47.1 Å². The molecule has 2 atom stereocenters. The summed E-state index contributed by atoms with van der Waals surface area (Å²) in [5.74, 6) is 0.0827. The number of allylic oxidation sites excluding steroid dienone is 7. The molecule has 4 heteroatoms. The lowest BCUT2D eigenvalue weighted by atomic mass is 9.96. The van der Waals surface area contributed by atoms with E-state index in [1.54, 1.807) is 6.92 Å². The lowest BCUT2D eigenvalue weighted by Gasteiger charge is -2.39. The van der Waals surface area contributed by atoms with Gasteiger partial charge in [0.05, 0.1) is 6.07 Å². The minimum Gasteiger partial charge on any atom is -0.406 e. The van der Waals surface area contributed by atoms with Gasteiger partial charge in [-0.05, 0) is 57.0 Å². The Balaban J connectivity index is 5.42. The summed E-state index contributed by atoms with van der Waals surface area (Å²) in [5.41, 5.74) is 3.16. The van der Waals surface area contributed by atoms with Crippen molar-refractivity contribution in [2.75, 3.05) is 0 Å². The summed E-state index contributed by atoms with van der Waals surface area (Å²) in [4.78, 5) is 12.3. The maximum absolute atomic E-state index is 12.3. The van der Waals surface area contributed by atoms with Gasteiger partial charge in [0.25, 0.3) is 0 Å². The highest BCUT2D eigenvalue weighted by molar-refractivity contribution is 6.74. The molecule has 0 saturated carbocycles. The second-order valence-corrected chi connectivity index (χ2v) is 13.6. The number of Topliss-reactive ketones (excluding diaryl/α,β-unsaturated/α-hetero) is 1. The molecule has 0 spiro atoms. The number of hydrogen-bond acceptors (Lipinski definition) is 3. The van der Waals surface area contributed by atoms with Gasteiger partial charge < -0.3 is 4.43 Å². The van der Waals surface area contributed by atoms with Gasteiger partial charge in [0.2, 0.25) is 0 Å². The Morgan fingerprint density at radius 1 is 1.11 bits per heavy atom. The predicted molar refractivity (Wildman–Crippen MR) is 118 cm³/mol. The van der Waals surface area contributed by atoms with Gasteiger partial charge in [0, 0.05) is 12.0 Å². The molecule has 0 radical (unpaired) electrons. The zero-order chi connectivity index (χ0) is 21.4. The zero-order valence-corrected chi connectivity index (χ0v) is 19.8. The molecule has 0 bridgehead atoms. The van der Waals surface area contributed by atoms with Crippen LogP contribution in [-0.4, -0.2) is 20.2 Å². The van der Waals surface area contributed by atoms with Gasteiger partial charge in [-0.25, -0.2) is 0 Å². The Morgan fingerprint density at radius 2 is 1.67 bits per heavy atom. The maximum atomic E-state index is 12.3. The van der Waals surface area contributed by atoms with E-state index in [0.29, 0.717) is 0 Å². The van der Waals surface area contributed by atoms with Crippen LogP contribution in [0.2, 0.25) is 18.1 Å². The molecule has 0 aromatic rings. The van der Waals surface area contributed by atoms with Gasteiger partial charge in [-0.3, -0.25) is 4.79 Å². The lowest BCUT2D eigenvalue weighted by molar-refractivity contribution is -0.125. The predicted octanol–water partition coefficient (Wildman–Crippen LogP) is 6.52. The molecule has 27 heavy (non-hydrogen) atoms. The Kier molecular flexibility index (Phi) is 9.92. The maximum Gasteiger partial charge on any atom is 0.193 e. The van der Waals surface area contributed by atoms with Crippen molar-refractivity contribution in [3.8, 4) is 6.07 Å². The summed E-state index contributed by atoms with van der Waals surface area (Å²) in [6, 6.07) is 2.02. The standard InChI is InChI=1S/C23H37NO2Si/c1-17(14-15-24)12-11-13-18(2)19(3)16-20(4)22(21(5)25)26-27(9,10)23(6,7)8/h11-14,16,20,22H,1-10H3/b12-11+,17-14+,18-13+,19-16+/t20-,22-/m1/s1. The van der Waals surface area contributed by atoms with Crippen molar-refractivity contribution in [2.45, 2.75) is 79.6 Å². The molecule has 0 saturated heterocycles. The molecule has 0 aliphatic rings. The number of rotatable bonds is 8. The SMILES string of the molecule is CC(=O)[C@H](O[Si](C)(C)C(C)(C)C)[C@H](C)/C=C(C)/C(C)=C/C=C/C(C)=C/C#N. The van der Waals surface area contributed by atoms with Crippen LogP contribution in [-0.2, 0) is 9.22 Å². The lowest BCUT2D eigenvalue weighted by Crippen LogP contribution is -2.47. The van der Waals surface area contributed by atoms with E-state index < -0.39 is 14.4 Å². The minimum absolute atomic E-state index is 0.00387. The van der Waals surface area contributed by atoms with E-state index >= 15 is 0 Å². The van der Waals surface area contributed by atoms with Gasteiger partial charge in [0.1, 0.15) is 6.10 Å². The van der Waals surface area contributed by atoms with E-state index in [9.17, 15) is 4.79 Å². The highest BCUT2D eigenvalue weighted by atomic mass is 28.4. The molecule has 3 nitrogen and oxygen atoms in total. The summed E-state index contributed by atoms with van der Waals surface area (Å²) >= 11 is 0. The fraction of sp³-hybridized carbons (Fsp3) is 0.565. The highest BCUT2D eigenvalue weighted by Crippen LogP contribution is 2.38. The first-order valence-electron chi connectivity index (χ1n) is 9.51. The van der Waals surface area contributed by atoms with Gasteiger partial charge in [-0.2, -0.15) is 5.26 Å². The highest BCUT2D eigenvalue weighted by Gasteiger charge is 2.41. The van der Waals surface area contributed by atoms with Crippen molar-refractivity contribution < 1.29 is 9.22 Å². The number of nitriles is 1. The summed E-state index contributed by atoms with van der Waals surface area (Å²) in [6.07, 6.45) is 9.09. The average Bonchev–Trinajstić information content (AvgIpc) is 2.51. The first kappa shape index (κ1) is 25.3. The topological polar surface area (TPSA) is 50.1 Å². The largest absolute Gasteiger partial charge is 0.406 e. The third kappa shape index (κ3) is 8.68. The fourth-order valence-corrected chi connectivity index (χ4v) is 3.66. The molecular formula is C23H37NO2Si. The monoisotopic (exact) mass is 387 g/mol. The van der Waals surface area contributed by atoms with Crippen LogP contribution in [0.4, 0.5) is 0 Å². The van der Waals surface area contributed by atoms with Crippen molar-refractivity contribution in [2.24, 2.45) is 5.92 Å². The second kappa shape index (κ2) is 10.6. The van der Waals surface area contributed by atoms with Crippen molar-refractivity contribution >= 4 is 14.1 Å². The molecule has 0 aromatic heterocycles. The van der Waals surface area contributed by atoms with Crippen LogP contribution in [0.5, 0.6) is 0 Å². The van der Waals surface area contributed by atoms with Crippen LogP contribution in [0.3, 0.4) is 0 Å². The van der Waals surface area contributed by atoms with Gasteiger partial charge in [-0.1, -0.05) is 57.6 Å². The van der Waals surface area contributed by atoms with Gasteiger partial charge in [-0.15, -0.1) is 0 Å². The first-order valence-corrected chi connectivity index (χ1v) is 12.4. The smallest absolute Gasteiger partial charge is 0.193 e. The number of nitrogens with zero attached hydrogens (tertiary/aromatic N) is 1. The van der Waals surface area contributed by atoms with E-state index in [4.69, 9.17) is 9.69 Å². The molecule has 0 aliphatic heterocycles. The summed E-state index contributed by atoms with van der Waals surface area (Å²) < 4.78 is 6.42. The third-order valence-corrected chi connectivity index (χ3v) is 9.69. The van der Waals surface area contributed by atoms with E-state index in [-0.39, 0.29) is 16.7 Å². The van der Waals surface area contributed by atoms with Crippen molar-refractivity contribution in [1.82, 2.24) is 0 Å². The number of carbonyl (C=O) groups excluding carboxylic acids is 1. The Hall–Kier alpha value is -1.70. The number of ketones is 1. The summed E-state index contributed by atoms with van der Waals surface area (Å²) in [7, 11) is -2.02. The van der Waals surface area contributed by atoms with Crippen LogP contribution < -0.4 is 0 Å². The minimum atomic E-state index is -2.02. The molecule has 0 rings (SSSR count). The quantitative estimate of drug-likeness (QED) is 0.270. The van der Waals surface area contributed by atoms with Crippen LogP contribution in [0.25, 0.3) is 0 Å². The first-order chi connectivity index (χ1) is 12.2. The van der Waals surface area contributed by atoms with E-state index in [0.717, 1.165) is 16.7 Å². The molecule has 0 N–H and O–H groups in total. The van der Waals surface area contributed by atoms with Crippen molar-refractivity contribution in [1.29, 1.82) is 5.26 Å². The molecule has 150 valence electrons. The van der Waals surface area contributed by atoms with E-state index in [1.165, 1.54) is 6.08 Å². The van der Waals surface area contributed by atoms with Gasteiger partial charge >= 0.3 is 0 Å². The molecule has 0 heterocycles. The number of hydrogen-bond donors (Lipinski definition) is 0. The molecule has 0 amide bonds. The Morgan fingerprint density at radius 3 is 2.11 bits per heavy atom. The summed E-state index contributed by atoms with van der Waals surface area (Å²) in [5, 5.41) is 8.70. The molecule has 0 unspecified atom stereocenters. The Bertz CT molecular complexity index is 682. The van der Waals surface area contributed by atoms with E-state index in [1.807, 2.05) is 45.1 Å². The molecular weight excluding hydrogens is 350 g/mol. The normalized spacial score (nSPS) is 17.0. The molecule has 0 aliphatic carbocycles. The summed E-state index contributed by atoms with van der Waals surface area (Å²) in [6.45, 7) is 20.6. The number of carbonyl (C=O) groups is 1. The molecule has 0 aromatic carbocycles. The van der Waals surface area contributed by atoms with Crippen LogP contribution in [0, 0.1) is 17.2 Å². The van der Waals surface area contributed by atoms with Crippen LogP contribution >= 0.6 is 0 Å². The Labute approximate surface area is 167 Å². The van der Waals surface area contributed by atoms with Gasteiger partial charge in [0.15, 0.2) is 14.1 Å². The van der Waals surface area contributed by atoms with E-state index in [2.05, 4.69) is 46.9 Å².